The van der Waals surface area contributed by atoms with Crippen LogP contribution in [0.2, 0.25) is 5.02 Å². The maximum absolute atomic E-state index is 14.4. The number of rotatable bonds is 6. The van der Waals surface area contributed by atoms with Gasteiger partial charge in [0.05, 0.1) is 24.0 Å². The Bertz CT molecular complexity index is 1390. The molecule has 0 bridgehead atoms. The molecule has 2 unspecified atom stereocenters. The molecular formula is C26H32ClF2N7O2. The van der Waals surface area contributed by atoms with E-state index in [4.69, 9.17) is 16.3 Å². The Hall–Kier alpha value is -3.18. The summed E-state index contributed by atoms with van der Waals surface area (Å²) < 4.78 is 36.3. The van der Waals surface area contributed by atoms with E-state index in [1.807, 2.05) is 25.2 Å². The minimum atomic E-state index is -2.74. The summed E-state index contributed by atoms with van der Waals surface area (Å²) in [6, 6.07) is 5.66. The van der Waals surface area contributed by atoms with E-state index in [1.165, 1.54) is 6.20 Å². The molecule has 4 heterocycles. The van der Waals surface area contributed by atoms with Crippen LogP contribution in [0.25, 0.3) is 10.9 Å². The van der Waals surface area contributed by atoms with Gasteiger partial charge in [0.15, 0.2) is 5.82 Å². The van der Waals surface area contributed by atoms with Gasteiger partial charge in [0.25, 0.3) is 11.5 Å². The molecule has 0 radical (unpaired) electrons. The molecule has 2 aliphatic heterocycles. The predicted molar refractivity (Wildman–Crippen MR) is 147 cm³/mol. The first-order valence-corrected chi connectivity index (χ1v) is 13.2. The lowest BCUT2D eigenvalue weighted by Gasteiger charge is -2.41. The van der Waals surface area contributed by atoms with E-state index in [9.17, 15) is 13.6 Å². The largest absolute Gasteiger partial charge is 0.486 e. The van der Waals surface area contributed by atoms with Gasteiger partial charge in [-0.05, 0) is 31.7 Å². The number of benzene rings is 1. The van der Waals surface area contributed by atoms with Crippen LogP contribution in [-0.4, -0.2) is 60.3 Å². The Morgan fingerprint density at radius 1 is 1.26 bits per heavy atom. The maximum atomic E-state index is 14.4. The monoisotopic (exact) mass is 547 g/mol. The molecule has 0 saturated carbocycles. The van der Waals surface area contributed by atoms with Crippen LogP contribution in [0.5, 0.6) is 5.75 Å². The normalized spacial score (nSPS) is 20.8. The van der Waals surface area contributed by atoms with Gasteiger partial charge in [0.1, 0.15) is 5.02 Å². The van der Waals surface area contributed by atoms with Crippen LogP contribution in [-0.2, 0) is 6.54 Å². The van der Waals surface area contributed by atoms with Crippen molar-refractivity contribution >= 4 is 45.6 Å². The second-order valence-corrected chi connectivity index (χ2v) is 10.4. The molecule has 204 valence electrons. The number of anilines is 4. The number of alkyl halides is 2. The van der Waals surface area contributed by atoms with Crippen LogP contribution in [0.1, 0.15) is 20.3 Å². The molecule has 0 amide bonds. The molecule has 0 aliphatic carbocycles. The highest BCUT2D eigenvalue weighted by Crippen LogP contribution is 2.39. The summed E-state index contributed by atoms with van der Waals surface area (Å²) in [5.41, 5.74) is 1.97. The molecule has 38 heavy (non-hydrogen) atoms. The van der Waals surface area contributed by atoms with Crippen LogP contribution in [0.4, 0.5) is 31.9 Å². The highest BCUT2D eigenvalue weighted by Gasteiger charge is 2.47. The van der Waals surface area contributed by atoms with E-state index in [0.717, 1.165) is 17.3 Å². The fraction of sp³-hybridized carbons (Fsp3) is 0.500. The van der Waals surface area contributed by atoms with Gasteiger partial charge in [-0.1, -0.05) is 25.4 Å². The SMILES string of the molecule is CNCCn1c(=O)c2c(c3cc(Nc4nc(N5CC(C)C(F)(F)C(C)C5)ncc4Cl)ccc31)NCCCO2. The molecule has 1 aromatic carbocycles. The van der Waals surface area contributed by atoms with Gasteiger partial charge < -0.3 is 30.2 Å². The number of pyridine rings is 1. The minimum Gasteiger partial charge on any atom is -0.486 e. The van der Waals surface area contributed by atoms with Crippen molar-refractivity contribution in [2.24, 2.45) is 11.8 Å². The van der Waals surface area contributed by atoms with E-state index in [2.05, 4.69) is 25.9 Å². The van der Waals surface area contributed by atoms with Gasteiger partial charge >= 0.3 is 0 Å². The quantitative estimate of drug-likeness (QED) is 0.420. The number of piperidine rings is 1. The van der Waals surface area contributed by atoms with Crippen LogP contribution >= 0.6 is 11.6 Å². The number of hydrogen-bond donors (Lipinski definition) is 3. The lowest BCUT2D eigenvalue weighted by Crippen LogP contribution is -2.52. The summed E-state index contributed by atoms with van der Waals surface area (Å²) in [7, 11) is 1.84. The Morgan fingerprint density at radius 2 is 2.03 bits per heavy atom. The topological polar surface area (TPSA) is 96.3 Å². The van der Waals surface area contributed by atoms with Gasteiger partial charge in [-0.3, -0.25) is 4.79 Å². The van der Waals surface area contributed by atoms with Gasteiger partial charge in [0.2, 0.25) is 11.7 Å². The summed E-state index contributed by atoms with van der Waals surface area (Å²) in [5, 5.41) is 10.8. The molecule has 9 nitrogen and oxygen atoms in total. The summed E-state index contributed by atoms with van der Waals surface area (Å²) in [4.78, 5) is 23.9. The van der Waals surface area contributed by atoms with Crippen molar-refractivity contribution in [2.45, 2.75) is 32.7 Å². The second-order valence-electron chi connectivity index (χ2n) is 10.00. The van der Waals surface area contributed by atoms with E-state index >= 15 is 0 Å². The average Bonchev–Trinajstić information content (AvgIpc) is 3.15. The molecule has 2 atom stereocenters. The Labute approximate surface area is 224 Å². The zero-order chi connectivity index (χ0) is 27.0. The minimum absolute atomic E-state index is 0.149. The van der Waals surface area contributed by atoms with Crippen molar-refractivity contribution in [2.75, 3.05) is 55.4 Å². The standard InChI is InChI=1S/C26H32ClF2N7O2/c1-15-13-35(14-16(2)26(15,28)29)25-32-12-19(27)23(34-25)33-17-5-6-20-18(11-17)21-22(38-10-4-7-31-21)24(37)36(20)9-8-30-3/h5-6,11-12,15-16,30-31H,4,7-10,13-14H2,1-3H3,(H,32,33,34). The number of hydrogen-bond acceptors (Lipinski definition) is 8. The van der Waals surface area contributed by atoms with Crippen molar-refractivity contribution < 1.29 is 13.5 Å². The number of fused-ring (bicyclic) bond motifs is 3. The molecule has 1 fully saturated rings. The molecule has 3 aromatic rings. The fourth-order valence-electron chi connectivity index (χ4n) is 5.09. The molecule has 0 spiro atoms. The third-order valence-electron chi connectivity index (χ3n) is 7.26. The third kappa shape index (κ3) is 4.84. The molecule has 2 aromatic heterocycles. The Morgan fingerprint density at radius 3 is 2.76 bits per heavy atom. The molecule has 12 heteroatoms. The summed E-state index contributed by atoms with van der Waals surface area (Å²) >= 11 is 6.44. The first kappa shape index (κ1) is 26.4. The van der Waals surface area contributed by atoms with Crippen LogP contribution < -0.4 is 31.1 Å². The maximum Gasteiger partial charge on any atom is 0.295 e. The first-order valence-electron chi connectivity index (χ1n) is 12.8. The van der Waals surface area contributed by atoms with Gasteiger partial charge in [-0.2, -0.15) is 4.98 Å². The third-order valence-corrected chi connectivity index (χ3v) is 7.53. The Kier molecular flexibility index (Phi) is 7.32. The highest BCUT2D eigenvalue weighted by atomic mass is 35.5. The molecule has 5 rings (SSSR count). The zero-order valence-electron chi connectivity index (χ0n) is 21.7. The van der Waals surface area contributed by atoms with E-state index in [-0.39, 0.29) is 18.6 Å². The second kappa shape index (κ2) is 10.5. The lowest BCUT2D eigenvalue weighted by molar-refractivity contribution is -0.105. The number of likely N-dealkylation sites (N-methyl/N-ethyl adjacent to an activating group) is 1. The summed E-state index contributed by atoms with van der Waals surface area (Å²) in [5.74, 6) is -3.36. The number of nitrogens with zero attached hydrogens (tertiary/aromatic N) is 4. The van der Waals surface area contributed by atoms with Crippen molar-refractivity contribution in [3.63, 3.8) is 0 Å². The van der Waals surface area contributed by atoms with Gasteiger partial charge in [-0.15, -0.1) is 0 Å². The van der Waals surface area contributed by atoms with Gasteiger partial charge in [0, 0.05) is 55.6 Å². The number of ether oxygens (including phenoxy) is 1. The molecule has 2 aliphatic rings. The first-order chi connectivity index (χ1) is 18.2. The smallest absolute Gasteiger partial charge is 0.295 e. The van der Waals surface area contributed by atoms with Gasteiger partial charge in [-0.25, -0.2) is 13.8 Å². The van der Waals surface area contributed by atoms with Crippen molar-refractivity contribution in [3.8, 4) is 5.75 Å². The number of nitrogens with one attached hydrogen (secondary N) is 3. The number of halogens is 3. The fourth-order valence-corrected chi connectivity index (χ4v) is 5.23. The highest BCUT2D eigenvalue weighted by molar-refractivity contribution is 6.32. The van der Waals surface area contributed by atoms with Crippen molar-refractivity contribution in [3.05, 3.63) is 39.8 Å². The zero-order valence-corrected chi connectivity index (χ0v) is 22.4. The lowest BCUT2D eigenvalue weighted by atomic mass is 9.87. The molecule has 1 saturated heterocycles. The van der Waals surface area contributed by atoms with Crippen molar-refractivity contribution in [1.29, 1.82) is 0 Å². The average molecular weight is 548 g/mol. The summed E-state index contributed by atoms with van der Waals surface area (Å²) in [6.45, 7) is 5.65. The van der Waals surface area contributed by atoms with E-state index in [1.54, 1.807) is 23.3 Å². The van der Waals surface area contributed by atoms with Crippen LogP contribution in [0.15, 0.2) is 29.2 Å². The summed E-state index contributed by atoms with van der Waals surface area (Å²) in [6.07, 6.45) is 2.26. The molecular weight excluding hydrogens is 516 g/mol. The number of aromatic nitrogens is 3. The van der Waals surface area contributed by atoms with E-state index < -0.39 is 17.8 Å². The predicted octanol–water partition coefficient (Wildman–Crippen LogP) is 4.33. The van der Waals surface area contributed by atoms with E-state index in [0.29, 0.717) is 60.2 Å². The van der Waals surface area contributed by atoms with Crippen LogP contribution in [0, 0.1) is 11.8 Å². The Balaban J connectivity index is 1.51. The van der Waals surface area contributed by atoms with Crippen LogP contribution in [0.3, 0.4) is 0 Å². The molecule has 3 N–H and O–H groups in total. The van der Waals surface area contributed by atoms with Crippen molar-refractivity contribution in [1.82, 2.24) is 19.9 Å².